The minimum atomic E-state index is -0.227. The van der Waals surface area contributed by atoms with Gasteiger partial charge in [-0.05, 0) is 56.9 Å². The largest absolute Gasteiger partial charge is 0.389 e. The Balaban J connectivity index is 2.67. The molecule has 0 aromatic rings. The molecule has 0 aromatic heterocycles. The number of rotatable bonds is 3. The van der Waals surface area contributed by atoms with Crippen molar-refractivity contribution in [1.29, 1.82) is 0 Å². The van der Waals surface area contributed by atoms with Crippen LogP contribution in [0.3, 0.4) is 0 Å². The van der Waals surface area contributed by atoms with E-state index < -0.39 is 0 Å². The van der Waals surface area contributed by atoms with E-state index in [2.05, 4.69) is 39.8 Å². The molecule has 0 fully saturated rings. The summed E-state index contributed by atoms with van der Waals surface area (Å²) in [6, 6.07) is 0. The van der Waals surface area contributed by atoms with E-state index in [1.54, 1.807) is 0 Å². The van der Waals surface area contributed by atoms with Gasteiger partial charge in [-0.3, -0.25) is 0 Å². The fraction of sp³-hybridized carbons (Fsp3) is 0.733. The Morgan fingerprint density at radius 3 is 2.69 bits per heavy atom. The highest BCUT2D eigenvalue weighted by molar-refractivity contribution is 5.15. The molecule has 16 heavy (non-hydrogen) atoms. The van der Waals surface area contributed by atoms with Crippen LogP contribution in [0, 0.1) is 11.3 Å². The SMILES string of the molecule is CC(C)=CCC[C@@H]1C=C(C)[C@H](O)CC1(C)C. The van der Waals surface area contributed by atoms with E-state index >= 15 is 0 Å². The summed E-state index contributed by atoms with van der Waals surface area (Å²) in [6.45, 7) is 10.9. The Bertz CT molecular complexity index is 293. The van der Waals surface area contributed by atoms with Crippen LogP contribution in [0.5, 0.6) is 0 Å². The molecule has 0 bridgehead atoms. The lowest BCUT2D eigenvalue weighted by Gasteiger charge is -2.39. The van der Waals surface area contributed by atoms with Gasteiger partial charge in [0.15, 0.2) is 0 Å². The standard InChI is InChI=1S/C15H26O/c1-11(2)7-6-8-13-9-12(3)14(16)10-15(13,4)5/h7,9,13-14,16H,6,8,10H2,1-5H3/t13-,14-/m1/s1. The van der Waals surface area contributed by atoms with Gasteiger partial charge in [0.1, 0.15) is 0 Å². The summed E-state index contributed by atoms with van der Waals surface area (Å²) >= 11 is 0. The minimum absolute atomic E-state index is 0.227. The second-order valence-electron chi connectivity index (χ2n) is 6.08. The van der Waals surface area contributed by atoms with Crippen LogP contribution >= 0.6 is 0 Å². The zero-order valence-corrected chi connectivity index (χ0v) is 11.4. The summed E-state index contributed by atoms with van der Waals surface area (Å²) in [6.07, 6.45) is 7.61. The molecule has 1 N–H and O–H groups in total. The normalized spacial score (nSPS) is 28.5. The van der Waals surface area contributed by atoms with Gasteiger partial charge in [0.25, 0.3) is 0 Å². The first-order chi connectivity index (χ1) is 7.33. The Morgan fingerprint density at radius 1 is 1.50 bits per heavy atom. The van der Waals surface area contributed by atoms with E-state index in [1.165, 1.54) is 12.0 Å². The van der Waals surface area contributed by atoms with Gasteiger partial charge >= 0.3 is 0 Å². The zero-order chi connectivity index (χ0) is 12.3. The van der Waals surface area contributed by atoms with Crippen LogP contribution < -0.4 is 0 Å². The molecule has 1 aliphatic carbocycles. The Morgan fingerprint density at radius 2 is 2.12 bits per heavy atom. The monoisotopic (exact) mass is 222 g/mol. The van der Waals surface area contributed by atoms with Crippen molar-refractivity contribution in [1.82, 2.24) is 0 Å². The van der Waals surface area contributed by atoms with Crippen LogP contribution in [0.15, 0.2) is 23.3 Å². The van der Waals surface area contributed by atoms with Crippen LogP contribution in [0.2, 0.25) is 0 Å². The minimum Gasteiger partial charge on any atom is -0.389 e. The summed E-state index contributed by atoms with van der Waals surface area (Å²) in [5.41, 5.74) is 2.78. The van der Waals surface area contributed by atoms with Crippen LogP contribution in [-0.4, -0.2) is 11.2 Å². The smallest absolute Gasteiger partial charge is 0.0752 e. The Hall–Kier alpha value is -0.560. The summed E-state index contributed by atoms with van der Waals surface area (Å²) in [5.74, 6) is 0.603. The molecule has 0 spiro atoms. The first-order valence-corrected chi connectivity index (χ1v) is 6.32. The highest BCUT2D eigenvalue weighted by atomic mass is 16.3. The molecule has 0 saturated heterocycles. The van der Waals surface area contributed by atoms with Crippen molar-refractivity contribution >= 4 is 0 Å². The van der Waals surface area contributed by atoms with Gasteiger partial charge in [-0.2, -0.15) is 0 Å². The van der Waals surface area contributed by atoms with Gasteiger partial charge in [0, 0.05) is 0 Å². The highest BCUT2D eigenvalue weighted by Crippen LogP contribution is 2.41. The molecule has 0 aliphatic heterocycles. The molecular formula is C15H26O. The van der Waals surface area contributed by atoms with Crippen molar-refractivity contribution in [2.75, 3.05) is 0 Å². The number of aliphatic hydroxyl groups is 1. The summed E-state index contributed by atoms with van der Waals surface area (Å²) in [5, 5.41) is 9.86. The first-order valence-electron chi connectivity index (χ1n) is 6.32. The van der Waals surface area contributed by atoms with E-state index in [4.69, 9.17) is 0 Å². The summed E-state index contributed by atoms with van der Waals surface area (Å²) in [4.78, 5) is 0. The Kier molecular flexibility index (Phi) is 4.37. The van der Waals surface area contributed by atoms with Crippen molar-refractivity contribution in [2.24, 2.45) is 11.3 Å². The number of aliphatic hydroxyl groups excluding tert-OH is 1. The molecule has 0 unspecified atom stereocenters. The van der Waals surface area contributed by atoms with Crippen LogP contribution in [0.25, 0.3) is 0 Å². The first kappa shape index (κ1) is 13.5. The zero-order valence-electron chi connectivity index (χ0n) is 11.4. The van der Waals surface area contributed by atoms with E-state index in [9.17, 15) is 5.11 Å². The molecule has 1 aliphatic rings. The van der Waals surface area contributed by atoms with E-state index in [-0.39, 0.29) is 11.5 Å². The van der Waals surface area contributed by atoms with Gasteiger partial charge < -0.3 is 5.11 Å². The number of hydrogen-bond donors (Lipinski definition) is 1. The maximum atomic E-state index is 9.86. The van der Waals surface area contributed by atoms with Gasteiger partial charge in [-0.25, -0.2) is 0 Å². The molecule has 0 aromatic carbocycles. The molecule has 0 heterocycles. The van der Waals surface area contributed by atoms with Crippen molar-refractivity contribution in [3.05, 3.63) is 23.3 Å². The predicted octanol–water partition coefficient (Wildman–Crippen LogP) is 4.09. The Labute approximate surface area is 100 Å². The fourth-order valence-electron chi connectivity index (χ4n) is 2.49. The third-order valence-electron chi connectivity index (χ3n) is 3.74. The highest BCUT2D eigenvalue weighted by Gasteiger charge is 2.34. The van der Waals surface area contributed by atoms with Gasteiger partial charge in [-0.15, -0.1) is 0 Å². The van der Waals surface area contributed by atoms with Crippen molar-refractivity contribution in [3.8, 4) is 0 Å². The third-order valence-corrected chi connectivity index (χ3v) is 3.74. The van der Waals surface area contributed by atoms with Gasteiger partial charge in [0.05, 0.1) is 6.10 Å². The lowest BCUT2D eigenvalue weighted by atomic mass is 9.68. The summed E-state index contributed by atoms with van der Waals surface area (Å²) < 4.78 is 0. The predicted molar refractivity (Wildman–Crippen MR) is 70.3 cm³/mol. The van der Waals surface area contributed by atoms with E-state index in [0.717, 1.165) is 18.4 Å². The lowest BCUT2D eigenvalue weighted by molar-refractivity contribution is 0.0959. The molecule has 92 valence electrons. The second kappa shape index (κ2) is 5.18. The van der Waals surface area contributed by atoms with Crippen LogP contribution in [0.4, 0.5) is 0 Å². The maximum absolute atomic E-state index is 9.86. The second-order valence-corrected chi connectivity index (χ2v) is 6.08. The molecule has 1 nitrogen and oxygen atoms in total. The molecule has 0 radical (unpaired) electrons. The number of hydrogen-bond acceptors (Lipinski definition) is 1. The average Bonchev–Trinajstić information content (AvgIpc) is 2.12. The van der Waals surface area contributed by atoms with Crippen molar-refractivity contribution in [2.45, 2.75) is 60.0 Å². The molecular weight excluding hydrogens is 196 g/mol. The molecule has 2 atom stereocenters. The van der Waals surface area contributed by atoms with Gasteiger partial charge in [0.2, 0.25) is 0 Å². The average molecular weight is 222 g/mol. The van der Waals surface area contributed by atoms with Gasteiger partial charge in [-0.1, -0.05) is 31.6 Å². The third kappa shape index (κ3) is 3.48. The number of allylic oxidation sites excluding steroid dienone is 3. The molecule has 0 amide bonds. The lowest BCUT2D eigenvalue weighted by Crippen LogP contribution is -2.33. The molecule has 0 saturated carbocycles. The van der Waals surface area contributed by atoms with Crippen LogP contribution in [0.1, 0.15) is 53.9 Å². The maximum Gasteiger partial charge on any atom is 0.0752 e. The van der Waals surface area contributed by atoms with Crippen molar-refractivity contribution in [3.63, 3.8) is 0 Å². The fourth-order valence-corrected chi connectivity index (χ4v) is 2.49. The topological polar surface area (TPSA) is 20.2 Å². The van der Waals surface area contributed by atoms with E-state index in [0.29, 0.717) is 5.92 Å². The van der Waals surface area contributed by atoms with Crippen molar-refractivity contribution < 1.29 is 5.11 Å². The summed E-state index contributed by atoms with van der Waals surface area (Å²) in [7, 11) is 0. The molecule has 1 rings (SSSR count). The van der Waals surface area contributed by atoms with Crippen LogP contribution in [-0.2, 0) is 0 Å². The van der Waals surface area contributed by atoms with E-state index in [1.807, 2.05) is 6.92 Å². The quantitative estimate of drug-likeness (QED) is 0.713. The molecule has 1 heteroatoms.